The predicted molar refractivity (Wildman–Crippen MR) is 93.5 cm³/mol. The maximum atomic E-state index is 12.6. The molecule has 3 atom stereocenters. The largest absolute Gasteiger partial charge is 0.449 e. The Kier molecular flexibility index (Phi) is 3.52. The van der Waals surface area contributed by atoms with Crippen LogP contribution >= 0.6 is 11.6 Å². The van der Waals surface area contributed by atoms with E-state index in [2.05, 4.69) is 0 Å². The first-order valence-electron chi connectivity index (χ1n) is 8.23. The SMILES string of the molecule is CC1(C)O[C@@]2(c3ccccc3)C[C@]1(OC(=O)c1cccc(Cl)c1)[C@@H]2O. The van der Waals surface area contributed by atoms with Crippen molar-refractivity contribution in [3.05, 3.63) is 70.7 Å². The molecule has 2 heterocycles. The van der Waals surface area contributed by atoms with Crippen LogP contribution in [0.1, 0.15) is 36.2 Å². The minimum absolute atomic E-state index is 0.356. The van der Waals surface area contributed by atoms with Crippen molar-refractivity contribution in [2.75, 3.05) is 0 Å². The van der Waals surface area contributed by atoms with Gasteiger partial charge in [-0.1, -0.05) is 48.0 Å². The van der Waals surface area contributed by atoms with Gasteiger partial charge in [0, 0.05) is 11.4 Å². The first-order chi connectivity index (χ1) is 11.8. The van der Waals surface area contributed by atoms with E-state index >= 15 is 0 Å². The summed E-state index contributed by atoms with van der Waals surface area (Å²) in [6.45, 7) is 3.69. The highest BCUT2D eigenvalue weighted by molar-refractivity contribution is 6.30. The van der Waals surface area contributed by atoms with E-state index in [4.69, 9.17) is 21.1 Å². The highest BCUT2D eigenvalue weighted by Gasteiger charge is 2.81. The van der Waals surface area contributed by atoms with Gasteiger partial charge in [0.2, 0.25) is 0 Å². The van der Waals surface area contributed by atoms with Crippen molar-refractivity contribution in [1.29, 1.82) is 0 Å². The number of benzene rings is 2. The van der Waals surface area contributed by atoms with Gasteiger partial charge in [0.25, 0.3) is 0 Å². The summed E-state index contributed by atoms with van der Waals surface area (Å²) in [6, 6.07) is 16.2. The van der Waals surface area contributed by atoms with Gasteiger partial charge in [-0.3, -0.25) is 0 Å². The third kappa shape index (κ3) is 2.18. The fourth-order valence-electron chi connectivity index (χ4n) is 4.10. The summed E-state index contributed by atoms with van der Waals surface area (Å²) >= 11 is 5.96. The summed E-state index contributed by atoms with van der Waals surface area (Å²) in [5.41, 5.74) is -1.48. The molecule has 0 spiro atoms. The first-order valence-corrected chi connectivity index (χ1v) is 8.61. The molecule has 5 rings (SSSR count). The van der Waals surface area contributed by atoms with Gasteiger partial charge >= 0.3 is 5.97 Å². The van der Waals surface area contributed by atoms with Crippen molar-refractivity contribution in [2.24, 2.45) is 0 Å². The summed E-state index contributed by atoms with van der Waals surface area (Å²) < 4.78 is 12.0. The van der Waals surface area contributed by atoms with E-state index < -0.39 is 28.9 Å². The van der Waals surface area contributed by atoms with Crippen molar-refractivity contribution in [3.63, 3.8) is 0 Å². The molecule has 0 amide bonds. The monoisotopic (exact) mass is 358 g/mol. The van der Waals surface area contributed by atoms with E-state index in [1.807, 2.05) is 44.2 Å². The zero-order valence-corrected chi connectivity index (χ0v) is 14.8. The third-order valence-electron chi connectivity index (χ3n) is 5.46. The molecular weight excluding hydrogens is 340 g/mol. The van der Waals surface area contributed by atoms with Crippen LogP contribution in [0, 0.1) is 0 Å². The summed E-state index contributed by atoms with van der Waals surface area (Å²) in [7, 11) is 0. The lowest BCUT2D eigenvalue weighted by Gasteiger charge is -2.50. The number of rotatable bonds is 3. The molecule has 0 unspecified atom stereocenters. The number of halogens is 1. The Balaban J connectivity index is 1.65. The average molecular weight is 359 g/mol. The molecule has 0 radical (unpaired) electrons. The van der Waals surface area contributed by atoms with Crippen LogP contribution in [0.4, 0.5) is 0 Å². The molecule has 1 saturated carbocycles. The van der Waals surface area contributed by atoms with Crippen molar-refractivity contribution in [1.82, 2.24) is 0 Å². The lowest BCUT2D eigenvalue weighted by atomic mass is 9.60. The van der Waals surface area contributed by atoms with Gasteiger partial charge in [0.1, 0.15) is 17.3 Å². The topological polar surface area (TPSA) is 55.8 Å². The van der Waals surface area contributed by atoms with Gasteiger partial charge in [-0.25, -0.2) is 4.79 Å². The van der Waals surface area contributed by atoms with Crippen molar-refractivity contribution in [2.45, 2.75) is 43.2 Å². The molecule has 25 heavy (non-hydrogen) atoms. The number of carbonyl (C=O) groups is 1. The summed E-state index contributed by atoms with van der Waals surface area (Å²) in [6.07, 6.45) is -0.509. The van der Waals surface area contributed by atoms with Gasteiger partial charge in [-0.2, -0.15) is 0 Å². The summed E-state index contributed by atoms with van der Waals surface area (Å²) in [5, 5.41) is 11.4. The lowest BCUT2D eigenvalue weighted by Crippen LogP contribution is -2.67. The van der Waals surface area contributed by atoms with E-state index in [0.29, 0.717) is 17.0 Å². The lowest BCUT2D eigenvalue weighted by molar-refractivity contribution is -0.186. The van der Waals surface area contributed by atoms with Gasteiger partial charge in [-0.05, 0) is 37.6 Å². The van der Waals surface area contributed by atoms with Crippen LogP contribution < -0.4 is 0 Å². The molecule has 4 nitrogen and oxygen atoms in total. The predicted octanol–water partition coefficient (Wildman–Crippen LogP) is 3.70. The third-order valence-corrected chi connectivity index (χ3v) is 5.70. The second kappa shape index (κ2) is 5.31. The van der Waals surface area contributed by atoms with Crippen LogP contribution in [0.5, 0.6) is 0 Å². The molecule has 2 aliphatic heterocycles. The minimum Gasteiger partial charge on any atom is -0.449 e. The molecule has 2 aromatic carbocycles. The van der Waals surface area contributed by atoms with E-state index in [0.717, 1.165) is 5.56 Å². The molecule has 1 aliphatic carbocycles. The normalized spacial score (nSPS) is 32.1. The molecule has 0 aromatic heterocycles. The van der Waals surface area contributed by atoms with Crippen LogP contribution in [-0.4, -0.2) is 28.4 Å². The Morgan fingerprint density at radius 2 is 1.92 bits per heavy atom. The molecule has 2 aromatic rings. The minimum atomic E-state index is -1.08. The maximum absolute atomic E-state index is 12.6. The van der Waals surface area contributed by atoms with Crippen LogP contribution in [0.2, 0.25) is 5.02 Å². The van der Waals surface area contributed by atoms with Crippen LogP contribution in [0.15, 0.2) is 54.6 Å². The summed E-state index contributed by atoms with van der Waals surface area (Å²) in [5.74, 6) is -0.512. The van der Waals surface area contributed by atoms with Crippen LogP contribution in [-0.2, 0) is 15.1 Å². The number of esters is 1. The van der Waals surface area contributed by atoms with E-state index in [1.165, 1.54) is 0 Å². The second-order valence-electron chi connectivity index (χ2n) is 7.24. The molecular formula is C20H19ClO4. The van der Waals surface area contributed by atoms with Crippen molar-refractivity contribution in [3.8, 4) is 0 Å². The van der Waals surface area contributed by atoms with Crippen LogP contribution in [0.25, 0.3) is 0 Å². The van der Waals surface area contributed by atoms with E-state index in [9.17, 15) is 9.90 Å². The Morgan fingerprint density at radius 3 is 2.56 bits per heavy atom. The molecule has 130 valence electrons. The zero-order valence-electron chi connectivity index (χ0n) is 14.0. The smallest absolute Gasteiger partial charge is 0.338 e. The molecule has 5 heteroatoms. The van der Waals surface area contributed by atoms with Crippen molar-refractivity contribution >= 4 is 17.6 Å². The van der Waals surface area contributed by atoms with Crippen molar-refractivity contribution < 1.29 is 19.4 Å². The van der Waals surface area contributed by atoms with Gasteiger partial charge in [-0.15, -0.1) is 0 Å². The van der Waals surface area contributed by atoms with E-state index in [-0.39, 0.29) is 0 Å². The average Bonchev–Trinajstić information content (AvgIpc) is 2.94. The number of hydrogen-bond acceptors (Lipinski definition) is 4. The first kappa shape index (κ1) is 16.6. The Morgan fingerprint density at radius 1 is 1.20 bits per heavy atom. The van der Waals surface area contributed by atoms with Gasteiger partial charge in [0.05, 0.1) is 5.56 Å². The quantitative estimate of drug-likeness (QED) is 0.850. The molecule has 1 N–H and O–H groups in total. The Labute approximate surface area is 151 Å². The second-order valence-corrected chi connectivity index (χ2v) is 7.67. The molecule has 3 fully saturated rings. The number of fused-ring (bicyclic) bond motifs is 1. The molecule has 2 bridgehead atoms. The van der Waals surface area contributed by atoms with Gasteiger partial charge < -0.3 is 14.6 Å². The van der Waals surface area contributed by atoms with Gasteiger partial charge in [0.15, 0.2) is 5.60 Å². The van der Waals surface area contributed by atoms with E-state index in [1.54, 1.807) is 24.3 Å². The number of aliphatic hydroxyl groups excluding tert-OH is 1. The maximum Gasteiger partial charge on any atom is 0.338 e. The summed E-state index contributed by atoms with van der Waals surface area (Å²) in [4.78, 5) is 12.6. The number of carbonyl (C=O) groups excluding carboxylic acids is 1. The molecule has 2 saturated heterocycles. The number of hydrogen-bond donors (Lipinski definition) is 1. The molecule has 3 aliphatic rings. The highest BCUT2D eigenvalue weighted by Crippen LogP contribution is 2.66. The Hall–Kier alpha value is -1.88. The number of aliphatic hydroxyl groups is 1. The fraction of sp³-hybridized carbons (Fsp3) is 0.350. The Bertz CT molecular complexity index is 835. The van der Waals surface area contributed by atoms with Crippen LogP contribution in [0.3, 0.4) is 0 Å². The fourth-order valence-corrected chi connectivity index (χ4v) is 4.29. The highest BCUT2D eigenvalue weighted by atomic mass is 35.5. The standard InChI is InChI=1S/C20H19ClO4/c1-18(2)20(24-16(22)13-7-6-10-15(21)11-13)12-19(25-18,17(20)23)14-8-4-3-5-9-14/h3-11,17,23H,12H2,1-2H3/t17-,19-,20+/m1/s1. The number of ether oxygens (including phenoxy) is 2. The zero-order chi connectivity index (χ0) is 17.9.